The second kappa shape index (κ2) is 6.55. The van der Waals surface area contributed by atoms with Crippen molar-refractivity contribution in [3.05, 3.63) is 44.9 Å². The zero-order valence-electron chi connectivity index (χ0n) is 9.26. The van der Waals surface area contributed by atoms with Crippen molar-refractivity contribution in [2.24, 2.45) is 5.84 Å². The molecule has 4 heteroatoms. The van der Waals surface area contributed by atoms with Crippen LogP contribution in [0.2, 0.25) is 0 Å². The highest BCUT2D eigenvalue weighted by Gasteiger charge is 2.11. The Kier molecular flexibility index (Phi) is 5.69. The highest BCUT2D eigenvalue weighted by Crippen LogP contribution is 2.27. The first-order valence-corrected chi connectivity index (χ1v) is 6.74. The van der Waals surface area contributed by atoms with Gasteiger partial charge in [0.25, 0.3) is 0 Å². The first-order chi connectivity index (χ1) is 7.56. The Morgan fingerprint density at radius 1 is 1.38 bits per heavy atom. The van der Waals surface area contributed by atoms with Crippen LogP contribution in [0, 0.1) is 0 Å². The van der Waals surface area contributed by atoms with Gasteiger partial charge in [0, 0.05) is 15.0 Å². The normalized spacial score (nSPS) is 12.5. The number of nitrogens with one attached hydrogen (secondary N) is 1. The molecule has 0 aliphatic heterocycles. The molecule has 0 spiro atoms. The maximum absolute atomic E-state index is 5.59. The van der Waals surface area contributed by atoms with E-state index in [2.05, 4.69) is 62.9 Å². The monoisotopic (exact) mass is 346 g/mol. The number of halogens is 2. The summed E-state index contributed by atoms with van der Waals surface area (Å²) < 4.78 is 2.08. The Bertz CT molecular complexity index is 357. The molecule has 1 aromatic rings. The summed E-state index contributed by atoms with van der Waals surface area (Å²) in [6, 6.07) is 6.25. The van der Waals surface area contributed by atoms with Gasteiger partial charge in [-0.1, -0.05) is 50.9 Å². The average Bonchev–Trinajstić information content (AvgIpc) is 2.24. The van der Waals surface area contributed by atoms with Gasteiger partial charge in [0.1, 0.15) is 0 Å². The van der Waals surface area contributed by atoms with Gasteiger partial charge in [-0.15, -0.1) is 0 Å². The molecule has 0 radical (unpaired) electrons. The molecule has 3 N–H and O–H groups in total. The van der Waals surface area contributed by atoms with Crippen molar-refractivity contribution >= 4 is 31.9 Å². The fraction of sp³-hybridized carbons (Fsp3) is 0.333. The Balaban J connectivity index is 2.90. The summed E-state index contributed by atoms with van der Waals surface area (Å²) in [5.74, 6) is 5.59. The van der Waals surface area contributed by atoms with Crippen LogP contribution in [0.15, 0.2) is 39.3 Å². The Hall–Kier alpha value is -0.160. The summed E-state index contributed by atoms with van der Waals surface area (Å²) in [5.41, 5.74) is 5.18. The molecule has 1 rings (SSSR count). The highest BCUT2D eigenvalue weighted by molar-refractivity contribution is 9.11. The Labute approximate surface area is 114 Å². The van der Waals surface area contributed by atoms with Crippen LogP contribution in [-0.4, -0.2) is 0 Å². The molecule has 0 aliphatic carbocycles. The number of rotatable bonds is 5. The molecule has 2 nitrogen and oxygen atoms in total. The van der Waals surface area contributed by atoms with Gasteiger partial charge >= 0.3 is 0 Å². The van der Waals surface area contributed by atoms with Gasteiger partial charge in [-0.25, -0.2) is 0 Å². The number of benzene rings is 1. The number of nitrogens with two attached hydrogens (primary N) is 1. The van der Waals surface area contributed by atoms with E-state index >= 15 is 0 Å². The first-order valence-electron chi connectivity index (χ1n) is 5.15. The van der Waals surface area contributed by atoms with Crippen LogP contribution < -0.4 is 11.3 Å². The summed E-state index contributed by atoms with van der Waals surface area (Å²) in [6.07, 6.45) is 1.84. The van der Waals surface area contributed by atoms with Gasteiger partial charge in [-0.3, -0.25) is 11.3 Å². The van der Waals surface area contributed by atoms with Gasteiger partial charge in [0.05, 0.1) is 0 Å². The van der Waals surface area contributed by atoms with Gasteiger partial charge in [-0.05, 0) is 36.6 Å². The lowest BCUT2D eigenvalue weighted by atomic mass is 9.99. The minimum atomic E-state index is 0.112. The van der Waals surface area contributed by atoms with Gasteiger partial charge in [-0.2, -0.15) is 0 Å². The third kappa shape index (κ3) is 4.01. The van der Waals surface area contributed by atoms with Gasteiger partial charge in [0.15, 0.2) is 0 Å². The third-order valence-electron chi connectivity index (χ3n) is 2.48. The smallest absolute Gasteiger partial charge is 0.0497 e. The fourth-order valence-corrected chi connectivity index (χ4v) is 2.81. The van der Waals surface area contributed by atoms with Crippen molar-refractivity contribution in [1.29, 1.82) is 0 Å². The SMILES string of the molecule is C=C(CC)CC(NN)c1cc(Br)cc(Br)c1. The van der Waals surface area contributed by atoms with Gasteiger partial charge < -0.3 is 0 Å². The highest BCUT2D eigenvalue weighted by atomic mass is 79.9. The third-order valence-corrected chi connectivity index (χ3v) is 3.40. The minimum absolute atomic E-state index is 0.112. The lowest BCUT2D eigenvalue weighted by Crippen LogP contribution is -2.28. The second-order valence-corrected chi connectivity index (χ2v) is 5.56. The van der Waals surface area contributed by atoms with Crippen LogP contribution in [0.5, 0.6) is 0 Å². The molecular weight excluding hydrogens is 332 g/mol. The minimum Gasteiger partial charge on any atom is -0.271 e. The maximum atomic E-state index is 5.59. The molecule has 88 valence electrons. The van der Waals surface area contributed by atoms with E-state index in [1.807, 2.05) is 6.07 Å². The van der Waals surface area contributed by atoms with Crippen LogP contribution in [0.3, 0.4) is 0 Å². The lowest BCUT2D eigenvalue weighted by molar-refractivity contribution is 0.544. The molecule has 0 fully saturated rings. The van der Waals surface area contributed by atoms with Crippen molar-refractivity contribution in [3.63, 3.8) is 0 Å². The van der Waals surface area contributed by atoms with Gasteiger partial charge in [0.2, 0.25) is 0 Å². The maximum Gasteiger partial charge on any atom is 0.0497 e. The number of hydrazine groups is 1. The van der Waals surface area contributed by atoms with Crippen LogP contribution in [-0.2, 0) is 0 Å². The van der Waals surface area contributed by atoms with E-state index in [-0.39, 0.29) is 6.04 Å². The van der Waals surface area contributed by atoms with Crippen molar-refractivity contribution in [1.82, 2.24) is 5.43 Å². The molecular formula is C12H16Br2N2. The lowest BCUT2D eigenvalue weighted by Gasteiger charge is -2.18. The molecule has 0 aromatic heterocycles. The Morgan fingerprint density at radius 2 is 1.94 bits per heavy atom. The van der Waals surface area contributed by atoms with E-state index in [9.17, 15) is 0 Å². The van der Waals surface area contributed by atoms with E-state index in [0.29, 0.717) is 0 Å². The van der Waals surface area contributed by atoms with Crippen molar-refractivity contribution < 1.29 is 0 Å². The van der Waals surface area contributed by atoms with E-state index in [1.54, 1.807) is 0 Å². The zero-order valence-corrected chi connectivity index (χ0v) is 12.4. The topological polar surface area (TPSA) is 38.0 Å². The molecule has 0 aliphatic rings. The average molecular weight is 348 g/mol. The second-order valence-electron chi connectivity index (χ2n) is 3.73. The van der Waals surface area contributed by atoms with E-state index in [0.717, 1.165) is 27.4 Å². The molecule has 1 aromatic carbocycles. The van der Waals surface area contributed by atoms with Crippen LogP contribution >= 0.6 is 31.9 Å². The van der Waals surface area contributed by atoms with E-state index < -0.39 is 0 Å². The van der Waals surface area contributed by atoms with Crippen LogP contribution in [0.25, 0.3) is 0 Å². The molecule has 0 bridgehead atoms. The standard InChI is InChI=1S/C12H16Br2N2/c1-3-8(2)4-12(16-15)9-5-10(13)7-11(14)6-9/h5-7,12,16H,2-4,15H2,1H3. The summed E-state index contributed by atoms with van der Waals surface area (Å²) in [7, 11) is 0. The predicted molar refractivity (Wildman–Crippen MR) is 76.0 cm³/mol. The van der Waals surface area contributed by atoms with Crippen LogP contribution in [0.1, 0.15) is 31.4 Å². The molecule has 1 unspecified atom stereocenters. The predicted octanol–water partition coefficient (Wildman–Crippen LogP) is 4.07. The zero-order chi connectivity index (χ0) is 12.1. The summed E-state index contributed by atoms with van der Waals surface area (Å²) in [6.45, 7) is 6.12. The Morgan fingerprint density at radius 3 is 2.38 bits per heavy atom. The van der Waals surface area contributed by atoms with E-state index in [1.165, 1.54) is 5.57 Å². The summed E-state index contributed by atoms with van der Waals surface area (Å²) in [5, 5.41) is 0. The van der Waals surface area contributed by atoms with Crippen molar-refractivity contribution in [3.8, 4) is 0 Å². The molecule has 0 amide bonds. The molecule has 0 saturated heterocycles. The van der Waals surface area contributed by atoms with Crippen molar-refractivity contribution in [2.45, 2.75) is 25.8 Å². The van der Waals surface area contributed by atoms with Crippen LogP contribution in [0.4, 0.5) is 0 Å². The largest absolute Gasteiger partial charge is 0.271 e. The summed E-state index contributed by atoms with van der Waals surface area (Å²) >= 11 is 6.95. The number of hydrogen-bond donors (Lipinski definition) is 2. The number of hydrogen-bond acceptors (Lipinski definition) is 2. The van der Waals surface area contributed by atoms with Crippen molar-refractivity contribution in [2.75, 3.05) is 0 Å². The molecule has 0 saturated carbocycles. The molecule has 0 heterocycles. The fourth-order valence-electron chi connectivity index (χ4n) is 1.48. The quantitative estimate of drug-likeness (QED) is 0.478. The molecule has 1 atom stereocenters. The van der Waals surface area contributed by atoms with E-state index in [4.69, 9.17) is 5.84 Å². The molecule has 16 heavy (non-hydrogen) atoms. The first kappa shape index (κ1) is 13.9. The summed E-state index contributed by atoms with van der Waals surface area (Å²) in [4.78, 5) is 0.